The Balaban J connectivity index is 1.58. The highest BCUT2D eigenvalue weighted by atomic mass is 35.5. The van der Waals surface area contributed by atoms with E-state index in [4.69, 9.17) is 21.1 Å². The minimum atomic E-state index is 0.472. The maximum Gasteiger partial charge on any atom is 0.244 e. The predicted molar refractivity (Wildman–Crippen MR) is 96.9 cm³/mol. The molecule has 2 N–H and O–H groups in total. The predicted octanol–water partition coefficient (Wildman–Crippen LogP) is 2.02. The molecule has 0 amide bonds. The van der Waals surface area contributed by atoms with Crippen molar-refractivity contribution in [1.29, 1.82) is 0 Å². The molecule has 1 saturated heterocycles. The Bertz CT molecular complexity index is 696. The molecule has 1 aliphatic heterocycles. The zero-order valence-corrected chi connectivity index (χ0v) is 14.8. The van der Waals surface area contributed by atoms with Gasteiger partial charge in [-0.3, -0.25) is 4.90 Å². The summed E-state index contributed by atoms with van der Waals surface area (Å²) in [7, 11) is 1.60. The lowest BCUT2D eigenvalue weighted by atomic mass is 10.3. The first kappa shape index (κ1) is 17.7. The lowest BCUT2D eigenvalue weighted by molar-refractivity contribution is 0.0398. The molecule has 3 rings (SSSR count). The normalized spacial score (nSPS) is 15.0. The van der Waals surface area contributed by atoms with Crippen molar-refractivity contribution >= 4 is 29.1 Å². The number of hydrogen-bond donors (Lipinski definition) is 2. The van der Waals surface area contributed by atoms with E-state index in [0.717, 1.165) is 45.1 Å². The van der Waals surface area contributed by atoms with Gasteiger partial charge in [0, 0.05) is 31.2 Å². The largest absolute Gasteiger partial charge is 0.495 e. The zero-order chi connectivity index (χ0) is 17.5. The highest BCUT2D eigenvalue weighted by Gasteiger charge is 2.10. The Morgan fingerprint density at radius 3 is 2.96 bits per heavy atom. The molecule has 0 unspecified atom stereocenters. The smallest absolute Gasteiger partial charge is 0.244 e. The molecule has 0 saturated carbocycles. The maximum atomic E-state index is 6.04. The van der Waals surface area contributed by atoms with E-state index >= 15 is 0 Å². The molecule has 1 aliphatic rings. The Morgan fingerprint density at radius 1 is 1.32 bits per heavy atom. The summed E-state index contributed by atoms with van der Waals surface area (Å²) >= 11 is 6.04. The van der Waals surface area contributed by atoms with E-state index in [1.54, 1.807) is 31.5 Å². The van der Waals surface area contributed by atoms with Crippen LogP contribution in [0.15, 0.2) is 24.4 Å². The standard InChI is InChI=1S/C16H21ClN6O2/c1-24-14-3-2-12(17)10-13(14)20-15-11-19-22-16(21-15)18-4-5-23-6-8-25-9-7-23/h2-3,10-11H,4-9H2,1H3,(H2,18,20,21,22). The van der Waals surface area contributed by atoms with E-state index in [9.17, 15) is 0 Å². The van der Waals surface area contributed by atoms with Gasteiger partial charge < -0.3 is 20.1 Å². The van der Waals surface area contributed by atoms with Crippen molar-refractivity contribution in [2.45, 2.75) is 0 Å². The molecule has 2 aromatic rings. The fraction of sp³-hybridized carbons (Fsp3) is 0.438. The molecule has 0 aliphatic carbocycles. The summed E-state index contributed by atoms with van der Waals surface area (Å²) in [5.74, 6) is 1.70. The minimum absolute atomic E-state index is 0.472. The number of ether oxygens (including phenoxy) is 2. The fourth-order valence-corrected chi connectivity index (χ4v) is 2.68. The quantitative estimate of drug-likeness (QED) is 0.772. The van der Waals surface area contributed by atoms with E-state index < -0.39 is 0 Å². The van der Waals surface area contributed by atoms with Crippen molar-refractivity contribution in [2.24, 2.45) is 0 Å². The third-order valence-corrected chi connectivity index (χ3v) is 4.03. The maximum absolute atomic E-state index is 6.04. The third-order valence-electron chi connectivity index (χ3n) is 3.80. The topological polar surface area (TPSA) is 84.4 Å². The van der Waals surface area contributed by atoms with Crippen LogP contribution in [-0.2, 0) is 4.74 Å². The summed E-state index contributed by atoms with van der Waals surface area (Å²) < 4.78 is 10.7. The van der Waals surface area contributed by atoms with Crippen molar-refractivity contribution < 1.29 is 9.47 Å². The average Bonchev–Trinajstić information content (AvgIpc) is 2.63. The first-order valence-electron chi connectivity index (χ1n) is 8.09. The van der Waals surface area contributed by atoms with Crippen LogP contribution in [-0.4, -0.2) is 66.6 Å². The third kappa shape index (κ3) is 5.15. The SMILES string of the molecule is COc1ccc(Cl)cc1Nc1cnnc(NCCN2CCOCC2)n1. The van der Waals surface area contributed by atoms with Gasteiger partial charge in [-0.05, 0) is 18.2 Å². The van der Waals surface area contributed by atoms with Crippen molar-refractivity contribution in [3.05, 3.63) is 29.4 Å². The van der Waals surface area contributed by atoms with Gasteiger partial charge in [0.15, 0.2) is 5.82 Å². The summed E-state index contributed by atoms with van der Waals surface area (Å²) in [6.07, 6.45) is 1.55. The van der Waals surface area contributed by atoms with E-state index in [0.29, 0.717) is 22.5 Å². The summed E-state index contributed by atoms with van der Waals surface area (Å²) in [4.78, 5) is 6.75. The highest BCUT2D eigenvalue weighted by Crippen LogP contribution is 2.29. The second kappa shape index (κ2) is 8.80. The average molecular weight is 365 g/mol. The van der Waals surface area contributed by atoms with Gasteiger partial charge in [-0.15, -0.1) is 5.10 Å². The molecule has 2 heterocycles. The second-order valence-electron chi connectivity index (χ2n) is 5.52. The monoisotopic (exact) mass is 364 g/mol. The van der Waals surface area contributed by atoms with E-state index in [1.807, 2.05) is 0 Å². The van der Waals surface area contributed by atoms with Gasteiger partial charge in [0.25, 0.3) is 0 Å². The number of nitrogens with one attached hydrogen (secondary N) is 2. The van der Waals surface area contributed by atoms with Crippen LogP contribution in [0.2, 0.25) is 5.02 Å². The Labute approximate surface area is 151 Å². The molecule has 9 heteroatoms. The first-order chi connectivity index (χ1) is 12.2. The Morgan fingerprint density at radius 2 is 2.16 bits per heavy atom. The number of nitrogens with zero attached hydrogens (tertiary/aromatic N) is 4. The number of benzene rings is 1. The van der Waals surface area contributed by atoms with Crippen molar-refractivity contribution in [1.82, 2.24) is 20.1 Å². The summed E-state index contributed by atoms with van der Waals surface area (Å²) in [6.45, 7) is 5.14. The first-order valence-corrected chi connectivity index (χ1v) is 8.46. The van der Waals surface area contributed by atoms with Gasteiger partial charge in [0.2, 0.25) is 5.95 Å². The molecule has 0 bridgehead atoms. The lowest BCUT2D eigenvalue weighted by Crippen LogP contribution is -2.39. The van der Waals surface area contributed by atoms with Gasteiger partial charge in [0.05, 0.1) is 32.2 Å². The lowest BCUT2D eigenvalue weighted by Gasteiger charge is -2.26. The van der Waals surface area contributed by atoms with Crippen LogP contribution in [0, 0.1) is 0 Å². The molecule has 25 heavy (non-hydrogen) atoms. The number of anilines is 3. The molecule has 134 valence electrons. The van der Waals surface area contributed by atoms with Gasteiger partial charge in [-0.2, -0.15) is 10.1 Å². The van der Waals surface area contributed by atoms with E-state index in [-0.39, 0.29) is 0 Å². The highest BCUT2D eigenvalue weighted by molar-refractivity contribution is 6.31. The fourth-order valence-electron chi connectivity index (χ4n) is 2.51. The van der Waals surface area contributed by atoms with Crippen LogP contribution in [0.25, 0.3) is 0 Å². The molecule has 0 radical (unpaired) electrons. The molecule has 0 atom stereocenters. The number of methoxy groups -OCH3 is 1. The van der Waals surface area contributed by atoms with E-state index in [1.165, 1.54) is 0 Å². The van der Waals surface area contributed by atoms with Gasteiger partial charge in [0.1, 0.15) is 5.75 Å². The van der Waals surface area contributed by atoms with Crippen LogP contribution in [0.1, 0.15) is 0 Å². The molecule has 1 aromatic carbocycles. The van der Waals surface area contributed by atoms with Crippen LogP contribution in [0.3, 0.4) is 0 Å². The minimum Gasteiger partial charge on any atom is -0.495 e. The number of hydrogen-bond acceptors (Lipinski definition) is 8. The van der Waals surface area contributed by atoms with Gasteiger partial charge in [-0.1, -0.05) is 11.6 Å². The second-order valence-corrected chi connectivity index (χ2v) is 5.95. The molecule has 0 spiro atoms. The van der Waals surface area contributed by atoms with Crippen LogP contribution < -0.4 is 15.4 Å². The Kier molecular flexibility index (Phi) is 6.21. The van der Waals surface area contributed by atoms with Crippen LogP contribution in [0.4, 0.5) is 17.5 Å². The molecular formula is C16H21ClN6O2. The van der Waals surface area contributed by atoms with Gasteiger partial charge >= 0.3 is 0 Å². The number of halogens is 1. The number of rotatable bonds is 7. The van der Waals surface area contributed by atoms with E-state index in [2.05, 4.69) is 30.7 Å². The van der Waals surface area contributed by atoms with Crippen LogP contribution >= 0.6 is 11.6 Å². The molecule has 8 nitrogen and oxygen atoms in total. The molecule has 1 fully saturated rings. The number of aromatic nitrogens is 3. The summed E-state index contributed by atoms with van der Waals surface area (Å²) in [5.41, 5.74) is 0.717. The molecule has 1 aromatic heterocycles. The number of morpholine rings is 1. The summed E-state index contributed by atoms with van der Waals surface area (Å²) in [6, 6.07) is 5.33. The summed E-state index contributed by atoms with van der Waals surface area (Å²) in [5, 5.41) is 14.9. The van der Waals surface area contributed by atoms with Crippen molar-refractivity contribution in [2.75, 3.05) is 57.1 Å². The van der Waals surface area contributed by atoms with Crippen molar-refractivity contribution in [3.8, 4) is 5.75 Å². The molecular weight excluding hydrogens is 344 g/mol. The van der Waals surface area contributed by atoms with Crippen molar-refractivity contribution in [3.63, 3.8) is 0 Å². The Hall–Kier alpha value is -2.16. The van der Waals surface area contributed by atoms with Crippen LogP contribution in [0.5, 0.6) is 5.75 Å². The van der Waals surface area contributed by atoms with Gasteiger partial charge in [-0.25, -0.2) is 0 Å². The zero-order valence-electron chi connectivity index (χ0n) is 14.0.